The quantitative estimate of drug-likeness (QED) is 0.826. The molecule has 0 radical (unpaired) electrons. The molecule has 1 aromatic carbocycles. The number of aromatic hydroxyl groups is 1. The molecule has 0 aliphatic carbocycles. The molecule has 1 fully saturated rings. The Bertz CT molecular complexity index is 625. The summed E-state index contributed by atoms with van der Waals surface area (Å²) in [5.74, 6) is -1.94. The number of phenols is 1. The highest BCUT2D eigenvalue weighted by molar-refractivity contribution is 8.18. The maximum atomic E-state index is 12.0. The van der Waals surface area contributed by atoms with Crippen molar-refractivity contribution in [1.82, 2.24) is 4.90 Å². The molecular formula is C13H11NO5S. The maximum Gasteiger partial charge on any atom is 0.326 e. The van der Waals surface area contributed by atoms with Gasteiger partial charge in [0.2, 0.25) is 0 Å². The summed E-state index contributed by atoms with van der Waals surface area (Å²) in [5.41, 5.74) is 0.390. The highest BCUT2D eigenvalue weighted by Gasteiger charge is 2.40. The van der Waals surface area contributed by atoms with Gasteiger partial charge in [-0.25, -0.2) is 4.79 Å². The lowest BCUT2D eigenvalue weighted by Crippen LogP contribution is -2.41. The van der Waals surface area contributed by atoms with Crippen molar-refractivity contribution < 1.29 is 24.6 Å². The molecule has 7 heteroatoms. The standard InChI is InChI=1S/C13H11NO5S/c1-7(12(17)18)14-11(16)10(20-13(14)19)6-8-4-2-3-5-9(8)15/h2-7,15H,1H3,(H,17,18)/b10-6-. The molecular weight excluding hydrogens is 282 g/mol. The second-order valence-electron chi connectivity index (χ2n) is 4.12. The Hall–Kier alpha value is -2.28. The summed E-state index contributed by atoms with van der Waals surface area (Å²) in [5, 5.41) is 17.9. The molecule has 2 amide bonds. The summed E-state index contributed by atoms with van der Waals surface area (Å²) in [7, 11) is 0. The number of hydrogen-bond acceptors (Lipinski definition) is 5. The van der Waals surface area contributed by atoms with Crippen LogP contribution in [0.4, 0.5) is 4.79 Å². The Morgan fingerprint density at radius 1 is 1.35 bits per heavy atom. The summed E-state index contributed by atoms with van der Waals surface area (Å²) in [6.45, 7) is 1.27. The van der Waals surface area contributed by atoms with Crippen LogP contribution >= 0.6 is 11.8 Å². The van der Waals surface area contributed by atoms with Crippen LogP contribution in [0.5, 0.6) is 5.75 Å². The summed E-state index contributed by atoms with van der Waals surface area (Å²) >= 11 is 0.655. The molecule has 1 atom stereocenters. The van der Waals surface area contributed by atoms with Gasteiger partial charge in [-0.1, -0.05) is 18.2 Å². The van der Waals surface area contributed by atoms with Gasteiger partial charge in [0.15, 0.2) is 0 Å². The van der Waals surface area contributed by atoms with Gasteiger partial charge in [0.1, 0.15) is 11.8 Å². The fourth-order valence-corrected chi connectivity index (χ4v) is 2.57. The topological polar surface area (TPSA) is 94.9 Å². The largest absolute Gasteiger partial charge is 0.507 e. The molecule has 1 aromatic rings. The van der Waals surface area contributed by atoms with Crippen LogP contribution < -0.4 is 0 Å². The van der Waals surface area contributed by atoms with Gasteiger partial charge in [0.05, 0.1) is 4.91 Å². The van der Waals surface area contributed by atoms with Crippen LogP contribution in [-0.2, 0) is 9.59 Å². The van der Waals surface area contributed by atoms with Crippen LogP contribution in [0, 0.1) is 0 Å². The first kappa shape index (κ1) is 14.1. The molecule has 1 aliphatic rings. The van der Waals surface area contributed by atoms with Crippen molar-refractivity contribution in [3.05, 3.63) is 34.7 Å². The number of carbonyl (C=O) groups excluding carboxylic acids is 2. The van der Waals surface area contributed by atoms with E-state index in [4.69, 9.17) is 5.11 Å². The van der Waals surface area contributed by atoms with E-state index in [0.29, 0.717) is 22.2 Å². The molecule has 0 saturated carbocycles. The first-order valence-electron chi connectivity index (χ1n) is 5.69. The first-order valence-corrected chi connectivity index (χ1v) is 6.51. The predicted molar refractivity (Wildman–Crippen MR) is 73.0 cm³/mol. The molecule has 104 valence electrons. The third kappa shape index (κ3) is 2.53. The van der Waals surface area contributed by atoms with Crippen molar-refractivity contribution in [1.29, 1.82) is 0 Å². The van der Waals surface area contributed by atoms with Gasteiger partial charge >= 0.3 is 5.97 Å². The zero-order chi connectivity index (χ0) is 14.9. The van der Waals surface area contributed by atoms with E-state index in [1.807, 2.05) is 0 Å². The van der Waals surface area contributed by atoms with E-state index in [1.54, 1.807) is 18.2 Å². The molecule has 1 aliphatic heterocycles. The second kappa shape index (κ2) is 5.38. The molecule has 1 heterocycles. The third-order valence-electron chi connectivity index (χ3n) is 2.79. The van der Waals surface area contributed by atoms with Crippen molar-refractivity contribution in [2.45, 2.75) is 13.0 Å². The second-order valence-corrected chi connectivity index (χ2v) is 5.12. The number of imide groups is 1. The summed E-state index contributed by atoms with van der Waals surface area (Å²) in [6, 6.07) is 5.12. The molecule has 2 N–H and O–H groups in total. The minimum absolute atomic E-state index is 0.0226. The van der Waals surface area contributed by atoms with E-state index in [2.05, 4.69) is 0 Å². The molecule has 0 aromatic heterocycles. The van der Waals surface area contributed by atoms with Gasteiger partial charge in [0, 0.05) is 5.56 Å². The number of hydrogen-bond donors (Lipinski definition) is 2. The maximum absolute atomic E-state index is 12.0. The summed E-state index contributed by atoms with van der Waals surface area (Å²) in [6.07, 6.45) is 1.37. The number of para-hydroxylation sites is 1. The lowest BCUT2D eigenvalue weighted by atomic mass is 10.2. The van der Waals surface area contributed by atoms with E-state index in [9.17, 15) is 19.5 Å². The number of aliphatic carboxylic acids is 1. The molecule has 0 bridgehead atoms. The number of carboxylic acid groups (broad SMARTS) is 1. The van der Waals surface area contributed by atoms with Crippen molar-refractivity contribution in [2.24, 2.45) is 0 Å². The minimum Gasteiger partial charge on any atom is -0.507 e. The number of benzene rings is 1. The number of thioether (sulfide) groups is 1. The number of phenolic OH excluding ortho intramolecular Hbond substituents is 1. The van der Waals surface area contributed by atoms with Crippen LogP contribution in [-0.4, -0.2) is 38.3 Å². The fraction of sp³-hybridized carbons (Fsp3) is 0.154. The highest BCUT2D eigenvalue weighted by Crippen LogP contribution is 2.34. The van der Waals surface area contributed by atoms with Gasteiger partial charge in [-0.15, -0.1) is 0 Å². The molecule has 1 unspecified atom stereocenters. The smallest absolute Gasteiger partial charge is 0.326 e. The Balaban J connectivity index is 2.33. The van der Waals surface area contributed by atoms with E-state index in [0.717, 1.165) is 0 Å². The Kier molecular flexibility index (Phi) is 3.80. The Labute approximate surface area is 118 Å². The molecule has 2 rings (SSSR count). The SMILES string of the molecule is CC(C(=O)O)N1C(=O)S/C(=C\c2ccccc2O)C1=O. The normalized spacial score (nSPS) is 18.6. The molecule has 20 heavy (non-hydrogen) atoms. The zero-order valence-electron chi connectivity index (χ0n) is 10.4. The predicted octanol–water partition coefficient (Wildman–Crippen LogP) is 1.90. The average Bonchev–Trinajstić information content (AvgIpc) is 2.66. The van der Waals surface area contributed by atoms with Crippen molar-refractivity contribution in [2.75, 3.05) is 0 Å². The number of rotatable bonds is 3. The van der Waals surface area contributed by atoms with Gasteiger partial charge in [-0.05, 0) is 30.8 Å². The monoisotopic (exact) mass is 293 g/mol. The minimum atomic E-state index is -1.25. The third-order valence-corrected chi connectivity index (χ3v) is 3.68. The van der Waals surface area contributed by atoms with Crippen LogP contribution in [0.25, 0.3) is 6.08 Å². The number of carboxylic acids is 1. The Morgan fingerprint density at radius 3 is 2.60 bits per heavy atom. The van der Waals surface area contributed by atoms with Gasteiger partial charge in [0.25, 0.3) is 11.1 Å². The van der Waals surface area contributed by atoms with E-state index >= 15 is 0 Å². The van der Waals surface area contributed by atoms with Crippen molar-refractivity contribution >= 4 is 35.0 Å². The number of amides is 2. The molecule has 0 spiro atoms. The first-order chi connectivity index (χ1) is 9.41. The van der Waals surface area contributed by atoms with Crippen LogP contribution in [0.1, 0.15) is 12.5 Å². The van der Waals surface area contributed by atoms with Gasteiger partial charge < -0.3 is 10.2 Å². The van der Waals surface area contributed by atoms with Crippen LogP contribution in [0.2, 0.25) is 0 Å². The van der Waals surface area contributed by atoms with E-state index < -0.39 is 23.2 Å². The summed E-state index contributed by atoms with van der Waals surface area (Å²) in [4.78, 5) is 35.4. The van der Waals surface area contributed by atoms with Crippen LogP contribution in [0.3, 0.4) is 0 Å². The molecule has 6 nitrogen and oxygen atoms in total. The number of nitrogens with zero attached hydrogens (tertiary/aromatic N) is 1. The Morgan fingerprint density at radius 2 is 2.00 bits per heavy atom. The zero-order valence-corrected chi connectivity index (χ0v) is 11.3. The number of carbonyl (C=O) groups is 3. The van der Waals surface area contributed by atoms with Crippen molar-refractivity contribution in [3.8, 4) is 5.75 Å². The lowest BCUT2D eigenvalue weighted by Gasteiger charge is -2.16. The average molecular weight is 293 g/mol. The lowest BCUT2D eigenvalue weighted by molar-refractivity contribution is -0.145. The van der Waals surface area contributed by atoms with Gasteiger partial charge in [-0.2, -0.15) is 0 Å². The van der Waals surface area contributed by atoms with E-state index in [-0.39, 0.29) is 10.7 Å². The van der Waals surface area contributed by atoms with Gasteiger partial charge in [-0.3, -0.25) is 14.5 Å². The van der Waals surface area contributed by atoms with E-state index in [1.165, 1.54) is 19.1 Å². The molecule has 1 saturated heterocycles. The van der Waals surface area contributed by atoms with Crippen molar-refractivity contribution in [3.63, 3.8) is 0 Å². The fourth-order valence-electron chi connectivity index (χ4n) is 1.67. The van der Waals surface area contributed by atoms with Crippen LogP contribution in [0.15, 0.2) is 29.2 Å². The highest BCUT2D eigenvalue weighted by atomic mass is 32.2. The summed E-state index contributed by atoms with van der Waals surface area (Å²) < 4.78 is 0.